The lowest BCUT2D eigenvalue weighted by Crippen LogP contribution is -2.32. The number of hydrogen-bond donors (Lipinski definition) is 2. The van der Waals surface area contributed by atoms with E-state index in [1.807, 2.05) is 31.2 Å². The summed E-state index contributed by atoms with van der Waals surface area (Å²) in [6.07, 6.45) is 0.958. The van der Waals surface area contributed by atoms with Crippen LogP contribution in [0.2, 0.25) is 0 Å². The highest BCUT2D eigenvalue weighted by molar-refractivity contribution is 7.42. The molecule has 1 unspecified atom stereocenters. The molecule has 0 fully saturated rings. The van der Waals surface area contributed by atoms with Crippen LogP contribution < -0.4 is 10.8 Å². The number of nitrogen functional groups attached to an aromatic ring is 1. The van der Waals surface area contributed by atoms with Gasteiger partial charge in [-0.3, -0.25) is 4.79 Å². The number of rotatable bonds is 12. The second-order valence-electron chi connectivity index (χ2n) is 8.82. The third-order valence-electron chi connectivity index (χ3n) is 5.49. The minimum absolute atomic E-state index is 0.199. The highest BCUT2D eigenvalue weighted by Crippen LogP contribution is 2.30. The monoisotopic (exact) mass is 488 g/mol. The third-order valence-corrected chi connectivity index (χ3v) is 6.83. The van der Waals surface area contributed by atoms with Gasteiger partial charge in [-0.05, 0) is 46.1 Å². The summed E-state index contributed by atoms with van der Waals surface area (Å²) in [5, 5.41) is 3.86. The normalized spacial score (nSPS) is 14.0. The van der Waals surface area contributed by atoms with Crippen molar-refractivity contribution >= 4 is 41.7 Å². The fourth-order valence-electron chi connectivity index (χ4n) is 3.81. The van der Waals surface area contributed by atoms with Gasteiger partial charge < -0.3 is 19.8 Å². The maximum Gasteiger partial charge on any atom is 0.432 e. The standard InChI is InChI=1S/C24H35N5O4P/c1-6-32-14-20-27-21-22(18-9-7-8-10-19(18)26-23(21)25)29(20)13-16(4)11-12-34(31)28-17(5)24(30)33-15(2)3/h7-10,15-17H,6,11-14H2,1-5H3,(H2,25,26)(H,28,31)/q+1/t16-,17-/m0/s1. The van der Waals surface area contributed by atoms with Crippen LogP contribution in [0.5, 0.6) is 0 Å². The van der Waals surface area contributed by atoms with E-state index in [4.69, 9.17) is 20.2 Å². The van der Waals surface area contributed by atoms with Gasteiger partial charge in [-0.15, -0.1) is 0 Å². The van der Waals surface area contributed by atoms with Crippen molar-refractivity contribution in [3.05, 3.63) is 30.1 Å². The van der Waals surface area contributed by atoms with Crippen LogP contribution in [0.15, 0.2) is 24.3 Å². The number of nitrogens with two attached hydrogens (primary N) is 1. The van der Waals surface area contributed by atoms with Crippen LogP contribution in [-0.4, -0.2) is 45.4 Å². The molecule has 9 nitrogen and oxygen atoms in total. The first kappa shape index (κ1) is 26.0. The molecule has 0 amide bonds. The minimum atomic E-state index is -1.74. The number of imidazole rings is 1. The van der Waals surface area contributed by atoms with Crippen LogP contribution >= 0.6 is 7.95 Å². The van der Waals surface area contributed by atoms with Crippen molar-refractivity contribution < 1.29 is 18.8 Å². The predicted molar refractivity (Wildman–Crippen MR) is 135 cm³/mol. The van der Waals surface area contributed by atoms with Crippen LogP contribution in [0, 0.1) is 5.92 Å². The van der Waals surface area contributed by atoms with E-state index >= 15 is 0 Å². The van der Waals surface area contributed by atoms with Crippen LogP contribution in [0.3, 0.4) is 0 Å². The van der Waals surface area contributed by atoms with Crippen molar-refractivity contribution in [1.29, 1.82) is 0 Å². The van der Waals surface area contributed by atoms with Crippen LogP contribution in [-0.2, 0) is 32.0 Å². The van der Waals surface area contributed by atoms with Crippen LogP contribution in [0.4, 0.5) is 5.82 Å². The summed E-state index contributed by atoms with van der Waals surface area (Å²) in [6, 6.07) is 7.27. The van der Waals surface area contributed by atoms with Gasteiger partial charge in [0.1, 0.15) is 24.0 Å². The SMILES string of the molecule is CCOCc1nc2c(N)nc3ccccc3c2n1C[C@@H](C)CC[P+](=O)N[C@@H](C)C(=O)OC(C)C. The van der Waals surface area contributed by atoms with E-state index in [9.17, 15) is 9.36 Å². The average molecular weight is 489 g/mol. The van der Waals surface area contributed by atoms with E-state index in [0.717, 1.165) is 22.2 Å². The summed E-state index contributed by atoms with van der Waals surface area (Å²) in [5.74, 6) is 0.994. The number of hydrogen-bond acceptors (Lipinski definition) is 7. The smallest absolute Gasteiger partial charge is 0.432 e. The van der Waals surface area contributed by atoms with E-state index < -0.39 is 20.0 Å². The fraction of sp³-hybridized carbons (Fsp3) is 0.542. The van der Waals surface area contributed by atoms with Crippen molar-refractivity contribution in [2.75, 3.05) is 18.5 Å². The molecule has 0 saturated carbocycles. The van der Waals surface area contributed by atoms with Gasteiger partial charge in [0.25, 0.3) is 0 Å². The van der Waals surface area contributed by atoms with Gasteiger partial charge in [0, 0.05) is 18.5 Å². The molecule has 2 heterocycles. The number of anilines is 1. The number of nitrogens with zero attached hydrogens (tertiary/aromatic N) is 3. The zero-order valence-electron chi connectivity index (χ0n) is 20.6. The second-order valence-corrected chi connectivity index (χ2v) is 10.3. The predicted octanol–water partition coefficient (Wildman–Crippen LogP) is 4.40. The Labute approximate surface area is 201 Å². The summed E-state index contributed by atoms with van der Waals surface area (Å²) in [6.45, 7) is 10.9. The number of esters is 1. The van der Waals surface area contributed by atoms with E-state index in [1.165, 1.54) is 0 Å². The van der Waals surface area contributed by atoms with Crippen molar-refractivity contribution in [2.45, 2.75) is 66.3 Å². The first-order valence-electron chi connectivity index (χ1n) is 11.7. The van der Waals surface area contributed by atoms with Crippen molar-refractivity contribution in [3.8, 4) is 0 Å². The first-order valence-corrected chi connectivity index (χ1v) is 13.2. The molecule has 34 heavy (non-hydrogen) atoms. The van der Waals surface area contributed by atoms with E-state index in [0.29, 0.717) is 43.7 Å². The highest BCUT2D eigenvalue weighted by atomic mass is 31.1. The number of carbonyl (C=O) groups is 1. The molecule has 0 saturated heterocycles. The Kier molecular flexibility index (Phi) is 8.94. The fourth-order valence-corrected chi connectivity index (χ4v) is 5.16. The average Bonchev–Trinajstić information content (AvgIpc) is 3.14. The summed E-state index contributed by atoms with van der Waals surface area (Å²) in [7, 11) is -1.74. The number of ether oxygens (including phenoxy) is 2. The molecule has 10 heteroatoms. The maximum atomic E-state index is 12.6. The number of benzene rings is 1. The number of fused-ring (bicyclic) bond motifs is 3. The minimum Gasteiger partial charge on any atom is -0.462 e. The van der Waals surface area contributed by atoms with Crippen molar-refractivity contribution in [1.82, 2.24) is 19.6 Å². The van der Waals surface area contributed by atoms with Gasteiger partial charge in [0.2, 0.25) is 0 Å². The Morgan fingerprint density at radius 3 is 2.65 bits per heavy atom. The molecule has 184 valence electrons. The summed E-state index contributed by atoms with van der Waals surface area (Å²) in [4.78, 5) is 21.2. The zero-order valence-corrected chi connectivity index (χ0v) is 21.5. The molecule has 2 aromatic heterocycles. The Morgan fingerprint density at radius 2 is 1.94 bits per heavy atom. The van der Waals surface area contributed by atoms with E-state index in [2.05, 4.69) is 21.6 Å². The number of pyridine rings is 1. The van der Waals surface area contributed by atoms with E-state index in [1.54, 1.807) is 20.8 Å². The van der Waals surface area contributed by atoms with Gasteiger partial charge in [0.15, 0.2) is 12.0 Å². The molecule has 0 bridgehead atoms. The number of para-hydroxylation sites is 1. The lowest BCUT2D eigenvalue weighted by atomic mass is 10.1. The van der Waals surface area contributed by atoms with Gasteiger partial charge >= 0.3 is 13.9 Å². The molecular weight excluding hydrogens is 453 g/mol. The largest absolute Gasteiger partial charge is 0.462 e. The van der Waals surface area contributed by atoms with Crippen molar-refractivity contribution in [2.24, 2.45) is 5.92 Å². The summed E-state index contributed by atoms with van der Waals surface area (Å²) in [5.41, 5.74) is 8.68. The number of nitrogens with one attached hydrogen (secondary N) is 1. The molecule has 0 radical (unpaired) electrons. The van der Waals surface area contributed by atoms with Gasteiger partial charge in [-0.25, -0.2) is 9.97 Å². The molecule has 3 rings (SSSR count). The van der Waals surface area contributed by atoms with Gasteiger partial charge in [-0.2, -0.15) is 0 Å². The lowest BCUT2D eigenvalue weighted by Gasteiger charge is -2.15. The quantitative estimate of drug-likeness (QED) is 0.284. The molecule has 1 aromatic carbocycles. The van der Waals surface area contributed by atoms with Gasteiger partial charge in [0.05, 0.1) is 17.1 Å². The topological polar surface area (TPSA) is 121 Å². The third kappa shape index (κ3) is 6.29. The number of carbonyl (C=O) groups excluding carboxylic acids is 1. The zero-order chi connectivity index (χ0) is 24.8. The molecule has 0 aliphatic heterocycles. The lowest BCUT2D eigenvalue weighted by molar-refractivity contribution is -0.148. The molecule has 3 atom stereocenters. The maximum absolute atomic E-state index is 12.6. The molecule has 3 N–H and O–H groups in total. The molecule has 0 aliphatic rings. The molecule has 0 aliphatic carbocycles. The Hall–Kier alpha value is -2.61. The highest BCUT2D eigenvalue weighted by Gasteiger charge is 2.27. The summed E-state index contributed by atoms with van der Waals surface area (Å²) < 4.78 is 25.6. The summed E-state index contributed by atoms with van der Waals surface area (Å²) >= 11 is 0. The van der Waals surface area contributed by atoms with Crippen molar-refractivity contribution in [3.63, 3.8) is 0 Å². The molecule has 0 spiro atoms. The van der Waals surface area contributed by atoms with Gasteiger partial charge in [-0.1, -0.05) is 34.8 Å². The second kappa shape index (κ2) is 11.7. The Balaban J connectivity index is 1.76. The van der Waals surface area contributed by atoms with Crippen LogP contribution in [0.1, 0.15) is 46.9 Å². The molecular formula is C24H35N5O4P+. The Morgan fingerprint density at radius 1 is 1.21 bits per heavy atom. The van der Waals surface area contributed by atoms with E-state index in [-0.39, 0.29) is 12.0 Å². The Bertz CT molecular complexity index is 1160. The first-order chi connectivity index (χ1) is 16.2. The number of aromatic nitrogens is 3. The molecule has 3 aromatic rings. The van der Waals surface area contributed by atoms with Crippen LogP contribution in [0.25, 0.3) is 21.9 Å².